The Labute approximate surface area is 129 Å². The molecule has 1 saturated heterocycles. The molecule has 2 amide bonds. The van der Waals surface area contributed by atoms with E-state index in [-0.39, 0.29) is 6.03 Å². The number of carbonyl (C=O) groups excluding carboxylic acids is 1. The third kappa shape index (κ3) is 3.75. The minimum absolute atomic E-state index is 0.0264. The van der Waals surface area contributed by atoms with E-state index in [0.29, 0.717) is 6.61 Å². The summed E-state index contributed by atoms with van der Waals surface area (Å²) in [5.41, 5.74) is 1.81. The average molecular weight is 297 g/mol. The van der Waals surface area contributed by atoms with Crippen LogP contribution >= 0.6 is 0 Å². The Kier molecular flexibility index (Phi) is 4.53. The van der Waals surface area contributed by atoms with Gasteiger partial charge >= 0.3 is 6.03 Å². The smallest absolute Gasteiger partial charge is 0.321 e. The number of nitrogens with one attached hydrogen (secondary N) is 1. The predicted molar refractivity (Wildman–Crippen MR) is 84.8 cm³/mol. The number of urea groups is 1. The summed E-state index contributed by atoms with van der Waals surface area (Å²) in [5.74, 6) is 0.767. The van der Waals surface area contributed by atoms with Gasteiger partial charge in [0, 0.05) is 36.7 Å². The fourth-order valence-electron chi connectivity index (χ4n) is 2.41. The van der Waals surface area contributed by atoms with Gasteiger partial charge in [-0.05, 0) is 43.2 Å². The first-order chi connectivity index (χ1) is 10.8. The van der Waals surface area contributed by atoms with E-state index < -0.39 is 0 Å². The maximum absolute atomic E-state index is 12.0. The summed E-state index contributed by atoms with van der Waals surface area (Å²) < 4.78 is 5.69. The van der Waals surface area contributed by atoms with Gasteiger partial charge in [0.1, 0.15) is 12.4 Å². The van der Waals surface area contributed by atoms with Gasteiger partial charge in [0.25, 0.3) is 0 Å². The molecule has 2 aromatic rings. The zero-order chi connectivity index (χ0) is 15.2. The summed E-state index contributed by atoms with van der Waals surface area (Å²) in [6.45, 7) is 2.17. The summed E-state index contributed by atoms with van der Waals surface area (Å²) in [6.07, 6.45) is 5.70. The number of hydrogen-bond acceptors (Lipinski definition) is 3. The molecule has 2 heterocycles. The molecule has 0 aliphatic carbocycles. The molecule has 0 unspecified atom stereocenters. The molecule has 1 aromatic carbocycles. The number of ether oxygens (including phenoxy) is 1. The van der Waals surface area contributed by atoms with Crippen molar-refractivity contribution in [3.05, 3.63) is 54.4 Å². The summed E-state index contributed by atoms with van der Waals surface area (Å²) in [5, 5.41) is 2.91. The molecule has 0 saturated carbocycles. The Balaban J connectivity index is 1.52. The number of aromatic nitrogens is 1. The number of benzene rings is 1. The molecule has 114 valence electrons. The van der Waals surface area contributed by atoms with Crippen LogP contribution in [0.4, 0.5) is 10.5 Å². The number of amides is 2. The third-order valence-electron chi connectivity index (χ3n) is 3.63. The highest BCUT2D eigenvalue weighted by Crippen LogP contribution is 2.18. The summed E-state index contributed by atoms with van der Waals surface area (Å²) >= 11 is 0. The summed E-state index contributed by atoms with van der Waals surface area (Å²) in [6, 6.07) is 11.2. The molecule has 1 N–H and O–H groups in total. The molecule has 3 rings (SSSR count). The van der Waals surface area contributed by atoms with Gasteiger partial charge in [0.2, 0.25) is 0 Å². The second-order valence-electron chi connectivity index (χ2n) is 5.30. The fraction of sp³-hybridized carbons (Fsp3) is 0.294. The van der Waals surface area contributed by atoms with Crippen molar-refractivity contribution in [1.29, 1.82) is 0 Å². The highest BCUT2D eigenvalue weighted by molar-refractivity contribution is 5.89. The molecule has 22 heavy (non-hydrogen) atoms. The van der Waals surface area contributed by atoms with Crippen molar-refractivity contribution in [2.75, 3.05) is 18.4 Å². The van der Waals surface area contributed by atoms with Crippen molar-refractivity contribution in [1.82, 2.24) is 9.88 Å². The van der Waals surface area contributed by atoms with Crippen LogP contribution in [0.1, 0.15) is 18.4 Å². The molecule has 0 radical (unpaired) electrons. The van der Waals surface area contributed by atoms with Crippen molar-refractivity contribution in [2.24, 2.45) is 0 Å². The predicted octanol–water partition coefficient (Wildman–Crippen LogP) is 3.29. The van der Waals surface area contributed by atoms with Crippen LogP contribution in [0.3, 0.4) is 0 Å². The standard InChI is InChI=1S/C17H19N3O2/c21-17(20-10-1-2-11-20)19-15-5-7-16(8-6-15)22-13-14-4-3-9-18-12-14/h3-9,12H,1-2,10-11,13H2,(H,19,21). The maximum Gasteiger partial charge on any atom is 0.321 e. The summed E-state index contributed by atoms with van der Waals surface area (Å²) in [4.78, 5) is 17.9. The highest BCUT2D eigenvalue weighted by atomic mass is 16.5. The number of rotatable bonds is 4. The molecule has 1 fully saturated rings. The zero-order valence-electron chi connectivity index (χ0n) is 12.4. The van der Waals surface area contributed by atoms with Crippen LogP contribution in [-0.4, -0.2) is 29.0 Å². The van der Waals surface area contributed by atoms with E-state index in [1.54, 1.807) is 12.4 Å². The topological polar surface area (TPSA) is 54.5 Å². The molecule has 0 spiro atoms. The Bertz CT molecular complexity index is 608. The minimum atomic E-state index is -0.0264. The Morgan fingerprint density at radius 1 is 1.18 bits per heavy atom. The van der Waals surface area contributed by atoms with Crippen molar-refractivity contribution in [3.8, 4) is 5.75 Å². The van der Waals surface area contributed by atoms with Crippen LogP contribution in [0.2, 0.25) is 0 Å². The first-order valence-electron chi connectivity index (χ1n) is 7.49. The van der Waals surface area contributed by atoms with Crippen LogP contribution in [0.25, 0.3) is 0 Å². The van der Waals surface area contributed by atoms with Crippen LogP contribution in [0, 0.1) is 0 Å². The van der Waals surface area contributed by atoms with E-state index >= 15 is 0 Å². The van der Waals surface area contributed by atoms with E-state index in [4.69, 9.17) is 4.74 Å². The first kappa shape index (κ1) is 14.4. The Morgan fingerprint density at radius 3 is 2.64 bits per heavy atom. The quantitative estimate of drug-likeness (QED) is 0.942. The molecule has 1 aliphatic heterocycles. The lowest BCUT2D eigenvalue weighted by atomic mass is 10.3. The van der Waals surface area contributed by atoms with Crippen LogP contribution in [-0.2, 0) is 6.61 Å². The van der Waals surface area contributed by atoms with E-state index in [9.17, 15) is 4.79 Å². The largest absolute Gasteiger partial charge is 0.489 e. The fourth-order valence-corrected chi connectivity index (χ4v) is 2.41. The van der Waals surface area contributed by atoms with E-state index in [1.807, 2.05) is 41.3 Å². The van der Waals surface area contributed by atoms with Crippen LogP contribution in [0.5, 0.6) is 5.75 Å². The Hall–Kier alpha value is -2.56. The number of pyridine rings is 1. The summed E-state index contributed by atoms with van der Waals surface area (Å²) in [7, 11) is 0. The second-order valence-corrected chi connectivity index (χ2v) is 5.30. The maximum atomic E-state index is 12.0. The third-order valence-corrected chi connectivity index (χ3v) is 3.63. The molecular weight excluding hydrogens is 278 g/mol. The van der Waals surface area contributed by atoms with E-state index in [0.717, 1.165) is 42.9 Å². The number of hydrogen-bond donors (Lipinski definition) is 1. The second kappa shape index (κ2) is 6.93. The van der Waals surface area contributed by atoms with Gasteiger partial charge in [-0.15, -0.1) is 0 Å². The SMILES string of the molecule is O=C(Nc1ccc(OCc2cccnc2)cc1)N1CCCC1. The van der Waals surface area contributed by atoms with Gasteiger partial charge in [-0.25, -0.2) is 4.79 Å². The van der Waals surface area contributed by atoms with Gasteiger partial charge in [0.05, 0.1) is 0 Å². The van der Waals surface area contributed by atoms with Crippen LogP contribution < -0.4 is 10.1 Å². The number of likely N-dealkylation sites (tertiary alicyclic amines) is 1. The van der Waals surface area contributed by atoms with E-state index in [2.05, 4.69) is 10.3 Å². The Morgan fingerprint density at radius 2 is 1.95 bits per heavy atom. The molecule has 1 aliphatic rings. The number of anilines is 1. The van der Waals surface area contributed by atoms with Crippen molar-refractivity contribution >= 4 is 11.7 Å². The van der Waals surface area contributed by atoms with Crippen molar-refractivity contribution in [3.63, 3.8) is 0 Å². The van der Waals surface area contributed by atoms with E-state index in [1.165, 1.54) is 0 Å². The van der Waals surface area contributed by atoms with Crippen molar-refractivity contribution in [2.45, 2.75) is 19.4 Å². The van der Waals surface area contributed by atoms with Gasteiger partial charge in [0.15, 0.2) is 0 Å². The molecule has 5 nitrogen and oxygen atoms in total. The zero-order valence-corrected chi connectivity index (χ0v) is 12.4. The molecule has 5 heteroatoms. The van der Waals surface area contributed by atoms with Gasteiger partial charge in [-0.2, -0.15) is 0 Å². The molecule has 0 atom stereocenters. The van der Waals surface area contributed by atoms with Crippen LogP contribution in [0.15, 0.2) is 48.8 Å². The number of nitrogens with zero attached hydrogens (tertiary/aromatic N) is 2. The molecule has 0 bridgehead atoms. The number of carbonyl (C=O) groups is 1. The van der Waals surface area contributed by atoms with Gasteiger partial charge in [-0.1, -0.05) is 6.07 Å². The minimum Gasteiger partial charge on any atom is -0.489 e. The van der Waals surface area contributed by atoms with Gasteiger partial charge < -0.3 is 15.0 Å². The van der Waals surface area contributed by atoms with Crippen molar-refractivity contribution < 1.29 is 9.53 Å². The lowest BCUT2D eigenvalue weighted by Crippen LogP contribution is -2.32. The van der Waals surface area contributed by atoms with Gasteiger partial charge in [-0.3, -0.25) is 4.98 Å². The lowest BCUT2D eigenvalue weighted by Gasteiger charge is -2.16. The molecular formula is C17H19N3O2. The molecule has 1 aromatic heterocycles. The normalized spacial score (nSPS) is 13.9. The first-order valence-corrected chi connectivity index (χ1v) is 7.49. The monoisotopic (exact) mass is 297 g/mol. The average Bonchev–Trinajstić information content (AvgIpc) is 3.10. The lowest BCUT2D eigenvalue weighted by molar-refractivity contribution is 0.222. The highest BCUT2D eigenvalue weighted by Gasteiger charge is 2.17.